The van der Waals surface area contributed by atoms with Crippen LogP contribution in [0.25, 0.3) is 0 Å². The van der Waals surface area contributed by atoms with Crippen LogP contribution in [0.3, 0.4) is 0 Å². The minimum Gasteiger partial charge on any atom is -0.480 e. The highest BCUT2D eigenvalue weighted by Gasteiger charge is 2.35. The van der Waals surface area contributed by atoms with Crippen molar-refractivity contribution in [3.05, 3.63) is 34.4 Å². The number of nitrogens with zero attached hydrogens (tertiary/aromatic N) is 1. The van der Waals surface area contributed by atoms with Crippen LogP contribution in [0, 0.1) is 15.5 Å². The molecule has 21 heavy (non-hydrogen) atoms. The number of aliphatic carboxylic acids is 1. The predicted molar refractivity (Wildman–Crippen MR) is 74.3 cm³/mol. The van der Waals surface area contributed by atoms with Gasteiger partial charge in [-0.15, -0.1) is 0 Å². The Hall–Kier alpha value is -2.00. The number of sulfonamides is 1. The summed E-state index contributed by atoms with van der Waals surface area (Å²) in [5, 5.41) is 19.6. The molecule has 1 aromatic carbocycles. The van der Waals surface area contributed by atoms with Crippen molar-refractivity contribution in [1.29, 1.82) is 0 Å². The fourth-order valence-corrected chi connectivity index (χ4v) is 2.96. The van der Waals surface area contributed by atoms with E-state index in [0.29, 0.717) is 0 Å². The molecule has 0 radical (unpaired) electrons. The molecular weight excluding hydrogens is 300 g/mol. The quantitative estimate of drug-likeness (QED) is 0.624. The molecule has 0 aliphatic rings. The molecule has 0 bridgehead atoms. The monoisotopic (exact) mass is 316 g/mol. The molecule has 0 aliphatic heterocycles. The third kappa shape index (κ3) is 4.23. The molecule has 0 saturated heterocycles. The summed E-state index contributed by atoms with van der Waals surface area (Å²) >= 11 is 0. The number of rotatable bonds is 5. The van der Waals surface area contributed by atoms with E-state index in [2.05, 4.69) is 4.72 Å². The first-order chi connectivity index (χ1) is 9.45. The molecule has 9 heteroatoms. The molecule has 1 unspecified atom stereocenters. The number of hydrogen-bond donors (Lipinski definition) is 2. The smallest absolute Gasteiger partial charge is 0.322 e. The van der Waals surface area contributed by atoms with E-state index in [1.54, 1.807) is 20.8 Å². The maximum atomic E-state index is 12.1. The molecule has 0 fully saturated rings. The van der Waals surface area contributed by atoms with Gasteiger partial charge in [-0.1, -0.05) is 20.8 Å². The van der Waals surface area contributed by atoms with Gasteiger partial charge in [-0.3, -0.25) is 14.9 Å². The lowest BCUT2D eigenvalue weighted by Crippen LogP contribution is -2.48. The summed E-state index contributed by atoms with van der Waals surface area (Å²) in [5.74, 6) is -1.30. The Balaban J connectivity index is 3.11. The summed E-state index contributed by atoms with van der Waals surface area (Å²) in [6.45, 7) is 4.76. The molecule has 0 spiro atoms. The fraction of sp³-hybridized carbons (Fsp3) is 0.417. The number of benzene rings is 1. The summed E-state index contributed by atoms with van der Waals surface area (Å²) in [4.78, 5) is 20.8. The van der Waals surface area contributed by atoms with E-state index in [9.17, 15) is 23.3 Å². The Bertz CT molecular complexity index is 645. The average Bonchev–Trinajstić information content (AvgIpc) is 2.34. The second-order valence-corrected chi connectivity index (χ2v) is 7.22. The minimum atomic E-state index is -4.08. The zero-order chi connectivity index (χ0) is 16.4. The van der Waals surface area contributed by atoms with Crippen LogP contribution in [-0.2, 0) is 14.8 Å². The lowest BCUT2D eigenvalue weighted by molar-refractivity contribution is -0.384. The van der Waals surface area contributed by atoms with Crippen LogP contribution < -0.4 is 4.72 Å². The summed E-state index contributed by atoms with van der Waals surface area (Å²) < 4.78 is 26.4. The van der Waals surface area contributed by atoms with E-state index >= 15 is 0 Å². The zero-order valence-electron chi connectivity index (χ0n) is 11.7. The van der Waals surface area contributed by atoms with Gasteiger partial charge in [0.05, 0.1) is 9.82 Å². The van der Waals surface area contributed by atoms with Gasteiger partial charge in [0.1, 0.15) is 6.04 Å². The highest BCUT2D eigenvalue weighted by atomic mass is 32.2. The van der Waals surface area contributed by atoms with Crippen LogP contribution in [0.1, 0.15) is 20.8 Å². The molecule has 2 N–H and O–H groups in total. The summed E-state index contributed by atoms with van der Waals surface area (Å²) in [6.07, 6.45) is 0. The molecule has 1 atom stereocenters. The van der Waals surface area contributed by atoms with Crippen molar-refractivity contribution in [3.8, 4) is 0 Å². The lowest BCUT2D eigenvalue weighted by Gasteiger charge is -2.27. The van der Waals surface area contributed by atoms with Crippen LogP contribution in [0.4, 0.5) is 5.69 Å². The molecule has 0 heterocycles. The van der Waals surface area contributed by atoms with Crippen molar-refractivity contribution < 1.29 is 23.2 Å². The van der Waals surface area contributed by atoms with E-state index in [1.807, 2.05) is 0 Å². The molecule has 8 nitrogen and oxygen atoms in total. The predicted octanol–water partition coefficient (Wildman–Crippen LogP) is 1.37. The summed E-state index contributed by atoms with van der Waals surface area (Å²) in [5.41, 5.74) is -1.08. The van der Waals surface area contributed by atoms with Gasteiger partial charge in [0, 0.05) is 12.1 Å². The maximum absolute atomic E-state index is 12.1. The normalized spacial score (nSPS) is 13.7. The number of non-ortho nitro benzene ring substituents is 1. The second-order valence-electron chi connectivity index (χ2n) is 5.51. The maximum Gasteiger partial charge on any atom is 0.322 e. The third-order valence-electron chi connectivity index (χ3n) is 2.74. The van der Waals surface area contributed by atoms with Crippen molar-refractivity contribution in [2.45, 2.75) is 31.7 Å². The van der Waals surface area contributed by atoms with Crippen molar-refractivity contribution >= 4 is 21.7 Å². The van der Waals surface area contributed by atoms with Crippen molar-refractivity contribution in [3.63, 3.8) is 0 Å². The van der Waals surface area contributed by atoms with Gasteiger partial charge in [0.25, 0.3) is 5.69 Å². The Morgan fingerprint density at radius 1 is 1.29 bits per heavy atom. The first kappa shape index (κ1) is 17.1. The number of hydrogen-bond acceptors (Lipinski definition) is 5. The van der Waals surface area contributed by atoms with Gasteiger partial charge in [-0.05, 0) is 17.5 Å². The van der Waals surface area contributed by atoms with Gasteiger partial charge in [0.2, 0.25) is 10.0 Å². The highest BCUT2D eigenvalue weighted by molar-refractivity contribution is 7.89. The van der Waals surface area contributed by atoms with E-state index in [0.717, 1.165) is 24.3 Å². The molecule has 0 amide bonds. The molecule has 0 saturated carbocycles. The van der Waals surface area contributed by atoms with Crippen LogP contribution >= 0.6 is 0 Å². The SMILES string of the molecule is CC(C)(C)C(NS(=O)(=O)c1ccc([N+](=O)[O-])cc1)C(=O)O. The van der Waals surface area contributed by atoms with Crippen molar-refractivity contribution in [2.75, 3.05) is 0 Å². The zero-order valence-corrected chi connectivity index (χ0v) is 12.5. The number of nitrogens with one attached hydrogen (secondary N) is 1. The van der Waals surface area contributed by atoms with Gasteiger partial charge in [-0.2, -0.15) is 4.72 Å². The second kappa shape index (κ2) is 5.78. The first-order valence-electron chi connectivity index (χ1n) is 5.95. The average molecular weight is 316 g/mol. The standard InChI is InChI=1S/C12H16N2O6S/c1-12(2,3)10(11(15)16)13-21(19,20)9-6-4-8(5-7-9)14(17)18/h4-7,10,13H,1-3H3,(H,15,16). The Kier molecular flexibility index (Phi) is 4.69. The van der Waals surface area contributed by atoms with Crippen LogP contribution in [0.5, 0.6) is 0 Å². The number of carboxylic acid groups (broad SMARTS) is 1. The van der Waals surface area contributed by atoms with E-state index in [1.165, 1.54) is 0 Å². The Labute approximate surface area is 122 Å². The highest BCUT2D eigenvalue weighted by Crippen LogP contribution is 2.22. The number of nitro benzene ring substituents is 1. The Morgan fingerprint density at radius 3 is 2.10 bits per heavy atom. The molecule has 0 aromatic heterocycles. The van der Waals surface area contributed by atoms with Crippen LogP contribution in [-0.4, -0.2) is 30.5 Å². The van der Waals surface area contributed by atoms with Gasteiger partial charge < -0.3 is 5.11 Å². The summed E-state index contributed by atoms with van der Waals surface area (Å²) in [7, 11) is -4.08. The van der Waals surface area contributed by atoms with Crippen molar-refractivity contribution in [2.24, 2.45) is 5.41 Å². The molecular formula is C12H16N2O6S. The molecule has 0 aliphatic carbocycles. The Morgan fingerprint density at radius 2 is 1.76 bits per heavy atom. The molecule has 1 rings (SSSR count). The molecule has 116 valence electrons. The fourth-order valence-electron chi connectivity index (χ4n) is 1.57. The van der Waals surface area contributed by atoms with E-state index in [4.69, 9.17) is 5.11 Å². The number of carbonyl (C=O) groups is 1. The van der Waals surface area contributed by atoms with Crippen molar-refractivity contribution in [1.82, 2.24) is 4.72 Å². The number of carboxylic acids is 1. The van der Waals surface area contributed by atoms with Crippen LogP contribution in [0.15, 0.2) is 29.2 Å². The van der Waals surface area contributed by atoms with Gasteiger partial charge in [-0.25, -0.2) is 8.42 Å². The van der Waals surface area contributed by atoms with E-state index in [-0.39, 0.29) is 10.6 Å². The topological polar surface area (TPSA) is 127 Å². The molecule has 1 aromatic rings. The third-order valence-corrected chi connectivity index (χ3v) is 4.18. The van der Waals surface area contributed by atoms with E-state index < -0.39 is 32.4 Å². The lowest BCUT2D eigenvalue weighted by atomic mass is 9.88. The first-order valence-corrected chi connectivity index (χ1v) is 7.43. The van der Waals surface area contributed by atoms with Gasteiger partial charge >= 0.3 is 5.97 Å². The minimum absolute atomic E-state index is 0.233. The largest absolute Gasteiger partial charge is 0.480 e. The van der Waals surface area contributed by atoms with Gasteiger partial charge in [0.15, 0.2) is 0 Å². The number of nitro groups is 1. The summed E-state index contributed by atoms with van der Waals surface area (Å²) in [6, 6.07) is 2.88. The van der Waals surface area contributed by atoms with Crippen LogP contribution in [0.2, 0.25) is 0 Å².